The van der Waals surface area contributed by atoms with Gasteiger partial charge in [0.25, 0.3) is 0 Å². The van der Waals surface area contributed by atoms with Crippen molar-refractivity contribution in [2.75, 3.05) is 12.3 Å². The van der Waals surface area contributed by atoms with E-state index in [1.165, 1.54) is 16.6 Å². The summed E-state index contributed by atoms with van der Waals surface area (Å²) in [6, 6.07) is 4.71. The van der Waals surface area contributed by atoms with Crippen LogP contribution in [0.5, 0.6) is 0 Å². The number of hydrogen-bond acceptors (Lipinski definition) is 9. The van der Waals surface area contributed by atoms with E-state index in [2.05, 4.69) is 10.1 Å². The maximum atomic E-state index is 12.0. The zero-order valence-corrected chi connectivity index (χ0v) is 14.0. The summed E-state index contributed by atoms with van der Waals surface area (Å²) in [6.45, 7) is 0.0818. The number of nitrogens with zero attached hydrogens (tertiary/aromatic N) is 4. The van der Waals surface area contributed by atoms with Crippen molar-refractivity contribution in [3.63, 3.8) is 0 Å². The number of ether oxygens (including phenoxy) is 2. The molecule has 10 heteroatoms. The smallest absolute Gasteiger partial charge is 0.308 e. The van der Waals surface area contributed by atoms with Crippen LogP contribution in [0.15, 0.2) is 18.5 Å². The summed E-state index contributed by atoms with van der Waals surface area (Å²) in [4.78, 5) is 15.9. The standard InChI is InChI=1S/C16H19N5O5/c1-8(2)15(24)25-12-10(5-22)26-16(6-17,13(12)23)11-4-3-9-14(18)19-7-20-21(9)11/h3-4,7-8,10,12-13,22-23H,5H2,1-2H3,(H2,18,19,20)/t10-,12-,13-,16+/m1/s1/i5D2. The van der Waals surface area contributed by atoms with Crippen molar-refractivity contribution < 1.29 is 27.2 Å². The van der Waals surface area contributed by atoms with Crippen LogP contribution in [-0.4, -0.2) is 55.7 Å². The summed E-state index contributed by atoms with van der Waals surface area (Å²) in [5.74, 6) is -1.22. The van der Waals surface area contributed by atoms with Gasteiger partial charge in [-0.05, 0) is 12.1 Å². The number of nitriles is 1. The van der Waals surface area contributed by atoms with Gasteiger partial charge in [0.15, 0.2) is 11.9 Å². The lowest BCUT2D eigenvalue weighted by Gasteiger charge is -2.25. The molecular weight excluding hydrogens is 342 g/mol. The van der Waals surface area contributed by atoms with Crippen LogP contribution in [0.25, 0.3) is 5.52 Å². The fraction of sp³-hybridized carbons (Fsp3) is 0.500. The molecule has 1 aliphatic heterocycles. The maximum Gasteiger partial charge on any atom is 0.308 e. The molecule has 0 radical (unpaired) electrons. The first kappa shape index (κ1) is 15.5. The molecule has 138 valence electrons. The van der Waals surface area contributed by atoms with E-state index in [0.717, 1.165) is 6.33 Å². The minimum atomic E-state index is -3.01. The SMILES string of the molecule is [2H]C([2H])(O)[C@H]1O[C@@](C#N)(c2ccc3c(N)ncnn23)[C@H](O)[C@@H]1OC(=O)C(C)C. The number of hydrogen-bond donors (Lipinski definition) is 3. The highest BCUT2D eigenvalue weighted by Gasteiger charge is 2.59. The molecule has 4 N–H and O–H groups in total. The predicted molar refractivity (Wildman–Crippen MR) is 87.4 cm³/mol. The van der Waals surface area contributed by atoms with Crippen molar-refractivity contribution in [1.82, 2.24) is 14.6 Å². The zero-order valence-electron chi connectivity index (χ0n) is 16.0. The fourth-order valence-corrected chi connectivity index (χ4v) is 2.83. The number of fused-ring (bicyclic) bond motifs is 1. The Hall–Kier alpha value is -2.74. The highest BCUT2D eigenvalue weighted by atomic mass is 16.6. The molecule has 0 saturated carbocycles. The van der Waals surface area contributed by atoms with Gasteiger partial charge in [-0.25, -0.2) is 9.50 Å². The molecule has 3 heterocycles. The Morgan fingerprint density at radius 1 is 1.65 bits per heavy atom. The summed E-state index contributed by atoms with van der Waals surface area (Å²) in [6.07, 6.45) is -4.15. The van der Waals surface area contributed by atoms with E-state index >= 15 is 0 Å². The topological polar surface area (TPSA) is 156 Å². The van der Waals surface area contributed by atoms with Crippen molar-refractivity contribution >= 4 is 17.3 Å². The molecule has 0 amide bonds. The maximum absolute atomic E-state index is 12.0. The number of esters is 1. The van der Waals surface area contributed by atoms with Crippen molar-refractivity contribution in [2.45, 2.75) is 37.8 Å². The number of carbonyl (C=O) groups excluding carboxylic acids is 1. The monoisotopic (exact) mass is 363 g/mol. The Bertz CT molecular complexity index is 953. The average molecular weight is 363 g/mol. The third-order valence-corrected chi connectivity index (χ3v) is 4.22. The van der Waals surface area contributed by atoms with Crippen LogP contribution in [0.2, 0.25) is 0 Å². The first-order chi connectivity index (χ1) is 13.0. The number of anilines is 1. The molecule has 4 atom stereocenters. The van der Waals surface area contributed by atoms with Crippen molar-refractivity contribution in [3.8, 4) is 6.07 Å². The average Bonchev–Trinajstić information content (AvgIpc) is 3.16. The van der Waals surface area contributed by atoms with Crippen LogP contribution in [-0.2, 0) is 19.9 Å². The predicted octanol–water partition coefficient (Wildman–Crippen LogP) is -0.650. The molecule has 0 spiro atoms. The quantitative estimate of drug-likeness (QED) is 0.601. The van der Waals surface area contributed by atoms with E-state index in [-0.39, 0.29) is 11.5 Å². The molecule has 26 heavy (non-hydrogen) atoms. The fourth-order valence-electron chi connectivity index (χ4n) is 2.83. The number of nitrogens with two attached hydrogens (primary N) is 1. The zero-order chi connectivity index (χ0) is 20.9. The lowest BCUT2D eigenvalue weighted by molar-refractivity contribution is -0.160. The summed E-state index contributed by atoms with van der Waals surface area (Å²) >= 11 is 0. The molecule has 2 aromatic rings. The Kier molecular flexibility index (Phi) is 3.89. The Balaban J connectivity index is 2.14. The highest BCUT2D eigenvalue weighted by molar-refractivity contribution is 5.72. The number of aliphatic hydroxyl groups excluding tert-OH is 1. The largest absolute Gasteiger partial charge is 0.456 e. The van der Waals surface area contributed by atoms with Crippen molar-refractivity contribution in [3.05, 3.63) is 24.2 Å². The van der Waals surface area contributed by atoms with Crippen LogP contribution >= 0.6 is 0 Å². The van der Waals surface area contributed by atoms with Gasteiger partial charge < -0.3 is 25.4 Å². The first-order valence-electron chi connectivity index (χ1n) is 8.81. The molecule has 1 saturated heterocycles. The van der Waals surface area contributed by atoms with Crippen LogP contribution in [0.1, 0.15) is 22.3 Å². The highest BCUT2D eigenvalue weighted by Crippen LogP contribution is 2.41. The number of nitrogen functional groups attached to an aromatic ring is 1. The van der Waals surface area contributed by atoms with E-state index in [9.17, 15) is 20.3 Å². The summed E-state index contributed by atoms with van der Waals surface area (Å²) in [5, 5.41) is 34.6. The molecule has 0 unspecified atom stereocenters. The number of aliphatic hydroxyl groups is 2. The lowest BCUT2D eigenvalue weighted by Crippen LogP contribution is -2.43. The third-order valence-electron chi connectivity index (χ3n) is 4.22. The molecule has 3 rings (SSSR count). The molecule has 0 aromatic carbocycles. The third kappa shape index (κ3) is 2.57. The molecular formula is C16H19N5O5. The minimum absolute atomic E-state index is 0.0175. The molecule has 1 fully saturated rings. The second-order valence-corrected chi connectivity index (χ2v) is 6.18. The molecule has 0 bridgehead atoms. The van der Waals surface area contributed by atoms with Crippen molar-refractivity contribution in [1.29, 1.82) is 5.26 Å². The van der Waals surface area contributed by atoms with Gasteiger partial charge in [0.1, 0.15) is 30.1 Å². The summed E-state index contributed by atoms with van der Waals surface area (Å²) in [7, 11) is 0. The van der Waals surface area contributed by atoms with Gasteiger partial charge in [-0.3, -0.25) is 4.79 Å². The number of carbonyl (C=O) groups is 1. The lowest BCUT2D eigenvalue weighted by atomic mass is 9.92. The molecule has 10 nitrogen and oxygen atoms in total. The second-order valence-electron chi connectivity index (χ2n) is 6.18. The van der Waals surface area contributed by atoms with Gasteiger partial charge in [-0.2, -0.15) is 10.4 Å². The van der Waals surface area contributed by atoms with Crippen LogP contribution in [0.4, 0.5) is 5.82 Å². The Labute approximate surface area is 151 Å². The molecule has 1 aliphatic rings. The van der Waals surface area contributed by atoms with Crippen molar-refractivity contribution in [2.24, 2.45) is 5.92 Å². The molecule has 0 aliphatic carbocycles. The number of aromatic nitrogens is 3. The van der Waals surface area contributed by atoms with E-state index < -0.39 is 42.4 Å². The second kappa shape index (κ2) is 6.53. The van der Waals surface area contributed by atoms with Crippen LogP contribution in [0, 0.1) is 17.2 Å². The van der Waals surface area contributed by atoms with Gasteiger partial charge in [-0.1, -0.05) is 13.8 Å². The van der Waals surface area contributed by atoms with Crippen LogP contribution < -0.4 is 5.73 Å². The minimum Gasteiger partial charge on any atom is -0.456 e. The van der Waals surface area contributed by atoms with E-state index in [1.807, 2.05) is 6.07 Å². The Morgan fingerprint density at radius 2 is 2.38 bits per heavy atom. The van der Waals surface area contributed by atoms with Gasteiger partial charge in [0.2, 0.25) is 5.60 Å². The van der Waals surface area contributed by atoms with Crippen LogP contribution in [0.3, 0.4) is 0 Å². The van der Waals surface area contributed by atoms with Gasteiger partial charge in [-0.15, -0.1) is 0 Å². The van der Waals surface area contributed by atoms with E-state index in [4.69, 9.17) is 17.9 Å². The molecule has 2 aromatic heterocycles. The first-order valence-corrected chi connectivity index (χ1v) is 7.81. The van der Waals surface area contributed by atoms with E-state index in [1.54, 1.807) is 13.8 Å². The van der Waals surface area contributed by atoms with Gasteiger partial charge in [0, 0.05) is 0 Å². The summed E-state index contributed by atoms with van der Waals surface area (Å²) in [5.41, 5.74) is 3.94. The summed E-state index contributed by atoms with van der Waals surface area (Å²) < 4.78 is 27.1. The van der Waals surface area contributed by atoms with Gasteiger partial charge in [0.05, 0.1) is 20.9 Å². The van der Waals surface area contributed by atoms with Gasteiger partial charge >= 0.3 is 5.97 Å². The number of rotatable bonds is 4. The van der Waals surface area contributed by atoms with E-state index in [0.29, 0.717) is 5.52 Å². The normalized spacial score (nSPS) is 30.1. The Morgan fingerprint density at radius 3 is 3.00 bits per heavy atom.